The molecule has 4 rings (SSSR count). The number of sulfonamides is 1. The summed E-state index contributed by atoms with van der Waals surface area (Å²) in [5.41, 5.74) is 4.66. The van der Waals surface area contributed by atoms with E-state index in [2.05, 4.69) is 5.32 Å². The molecule has 7 nitrogen and oxygen atoms in total. The zero-order valence-electron chi connectivity index (χ0n) is 26.7. The van der Waals surface area contributed by atoms with Gasteiger partial charge in [0.15, 0.2) is 0 Å². The van der Waals surface area contributed by atoms with Crippen molar-refractivity contribution in [1.82, 2.24) is 10.2 Å². The molecular weight excluding hydrogens is 582 g/mol. The predicted octanol–water partition coefficient (Wildman–Crippen LogP) is 6.36. The summed E-state index contributed by atoms with van der Waals surface area (Å²) >= 11 is 0. The fraction of sp³-hybridized carbons (Fsp3) is 0.297. The Morgan fingerprint density at radius 2 is 1.36 bits per heavy atom. The molecule has 8 heteroatoms. The molecule has 4 aromatic carbocycles. The van der Waals surface area contributed by atoms with Crippen molar-refractivity contribution in [3.05, 3.63) is 131 Å². The zero-order chi connectivity index (χ0) is 32.6. The molecule has 0 fully saturated rings. The molecule has 2 atom stereocenters. The third-order valence-corrected chi connectivity index (χ3v) is 9.76. The van der Waals surface area contributed by atoms with E-state index < -0.39 is 28.5 Å². The van der Waals surface area contributed by atoms with Gasteiger partial charge in [-0.15, -0.1) is 0 Å². The van der Waals surface area contributed by atoms with Crippen LogP contribution in [0.5, 0.6) is 0 Å². The van der Waals surface area contributed by atoms with Crippen LogP contribution in [0.15, 0.2) is 108 Å². The Hall–Kier alpha value is -4.43. The SMILES string of the molecule is CC[C@@H](C)NC(=O)[C@@H](Cc1ccccc1)N(Cc1ccccc1)C(=O)CN(c1cc(C)ccc1C)S(=O)(=O)c1ccc(C)cc1. The second-order valence-corrected chi connectivity index (χ2v) is 13.5. The van der Waals surface area contributed by atoms with Gasteiger partial charge in [0.2, 0.25) is 11.8 Å². The first kappa shape index (κ1) is 33.5. The van der Waals surface area contributed by atoms with E-state index in [-0.39, 0.29) is 29.8 Å². The summed E-state index contributed by atoms with van der Waals surface area (Å²) in [6, 6.07) is 30.2. The molecule has 0 unspecified atom stereocenters. The highest BCUT2D eigenvalue weighted by atomic mass is 32.2. The van der Waals surface area contributed by atoms with Gasteiger partial charge in [0.1, 0.15) is 12.6 Å². The number of nitrogens with zero attached hydrogens (tertiary/aromatic N) is 2. The minimum absolute atomic E-state index is 0.0896. The molecule has 0 aromatic heterocycles. The van der Waals surface area contributed by atoms with Crippen LogP contribution in [-0.2, 0) is 32.6 Å². The molecule has 45 heavy (non-hydrogen) atoms. The summed E-state index contributed by atoms with van der Waals surface area (Å²) in [5.74, 6) is -0.757. The molecule has 0 bridgehead atoms. The van der Waals surface area contributed by atoms with Crippen LogP contribution in [0, 0.1) is 20.8 Å². The lowest BCUT2D eigenvalue weighted by atomic mass is 10.0. The van der Waals surface area contributed by atoms with Crippen LogP contribution in [0.3, 0.4) is 0 Å². The van der Waals surface area contributed by atoms with Crippen molar-refractivity contribution in [3.8, 4) is 0 Å². The van der Waals surface area contributed by atoms with Crippen molar-refractivity contribution in [3.63, 3.8) is 0 Å². The van der Waals surface area contributed by atoms with Crippen LogP contribution in [0.1, 0.15) is 48.1 Å². The smallest absolute Gasteiger partial charge is 0.264 e. The highest BCUT2D eigenvalue weighted by Gasteiger charge is 2.35. The maximum atomic E-state index is 14.6. The van der Waals surface area contributed by atoms with Crippen LogP contribution in [-0.4, -0.2) is 43.8 Å². The van der Waals surface area contributed by atoms with Crippen LogP contribution in [0.25, 0.3) is 0 Å². The van der Waals surface area contributed by atoms with Gasteiger partial charge >= 0.3 is 0 Å². The number of hydrogen-bond acceptors (Lipinski definition) is 4. The van der Waals surface area contributed by atoms with E-state index in [0.29, 0.717) is 11.3 Å². The van der Waals surface area contributed by atoms with E-state index in [0.717, 1.165) is 28.7 Å². The first-order chi connectivity index (χ1) is 21.5. The van der Waals surface area contributed by atoms with Gasteiger partial charge in [-0.1, -0.05) is 97.4 Å². The minimum Gasteiger partial charge on any atom is -0.352 e. The average molecular weight is 626 g/mol. The van der Waals surface area contributed by atoms with E-state index in [9.17, 15) is 18.0 Å². The monoisotopic (exact) mass is 625 g/mol. The van der Waals surface area contributed by atoms with Crippen molar-refractivity contribution in [2.45, 2.75) is 71.0 Å². The normalized spacial score (nSPS) is 12.6. The minimum atomic E-state index is -4.15. The molecule has 0 radical (unpaired) electrons. The predicted molar refractivity (Wildman–Crippen MR) is 180 cm³/mol. The third-order valence-electron chi connectivity index (χ3n) is 7.99. The average Bonchev–Trinajstić information content (AvgIpc) is 3.03. The summed E-state index contributed by atoms with van der Waals surface area (Å²) in [5, 5.41) is 3.07. The highest BCUT2D eigenvalue weighted by Crippen LogP contribution is 2.29. The number of anilines is 1. The lowest BCUT2D eigenvalue weighted by Crippen LogP contribution is -2.54. The van der Waals surface area contributed by atoms with Crippen LogP contribution in [0.2, 0.25) is 0 Å². The molecule has 4 aromatic rings. The fourth-order valence-corrected chi connectivity index (χ4v) is 6.58. The number of nitrogens with one attached hydrogen (secondary N) is 1. The summed E-state index contributed by atoms with van der Waals surface area (Å²) in [7, 11) is -4.15. The van der Waals surface area contributed by atoms with Crippen molar-refractivity contribution in [2.24, 2.45) is 0 Å². The third kappa shape index (κ3) is 8.60. The molecule has 0 heterocycles. The van der Waals surface area contributed by atoms with E-state index >= 15 is 0 Å². The van der Waals surface area contributed by atoms with Crippen LogP contribution in [0.4, 0.5) is 5.69 Å². The standard InChI is InChI=1S/C37H43N3O4S/c1-6-30(5)38-37(42)35(24-31-13-9-7-10-14-31)39(25-32-15-11-8-12-16-32)36(41)26-40(34-23-28(3)17-20-29(34)4)45(43,44)33-21-18-27(2)19-22-33/h7-23,30,35H,6,24-26H2,1-5H3,(H,38,42)/t30-,35-/m1/s1. The molecule has 0 saturated carbocycles. The maximum Gasteiger partial charge on any atom is 0.264 e. The highest BCUT2D eigenvalue weighted by molar-refractivity contribution is 7.92. The van der Waals surface area contributed by atoms with Gasteiger partial charge in [0.05, 0.1) is 10.6 Å². The van der Waals surface area contributed by atoms with Crippen LogP contribution >= 0.6 is 0 Å². The van der Waals surface area contributed by atoms with E-state index in [1.807, 2.05) is 107 Å². The van der Waals surface area contributed by atoms with Crippen molar-refractivity contribution in [2.75, 3.05) is 10.8 Å². The molecule has 0 saturated heterocycles. The van der Waals surface area contributed by atoms with Gasteiger partial charge in [-0.2, -0.15) is 0 Å². The Morgan fingerprint density at radius 1 is 0.778 bits per heavy atom. The Balaban J connectivity index is 1.82. The number of amides is 2. The van der Waals surface area contributed by atoms with E-state index in [1.165, 1.54) is 9.21 Å². The summed E-state index contributed by atoms with van der Waals surface area (Å²) in [4.78, 5) is 30.1. The first-order valence-corrected chi connectivity index (χ1v) is 16.8. The Kier molecular flexibility index (Phi) is 11.2. The van der Waals surface area contributed by atoms with Crippen molar-refractivity contribution in [1.29, 1.82) is 0 Å². The molecule has 1 N–H and O–H groups in total. The van der Waals surface area contributed by atoms with Gasteiger partial charge in [-0.05, 0) is 74.6 Å². The molecule has 0 aliphatic carbocycles. The Bertz CT molecular complexity index is 1690. The van der Waals surface area contributed by atoms with Crippen molar-refractivity contribution < 1.29 is 18.0 Å². The number of rotatable bonds is 13. The van der Waals surface area contributed by atoms with Crippen molar-refractivity contribution >= 4 is 27.5 Å². The summed E-state index contributed by atoms with van der Waals surface area (Å²) in [6.45, 7) is 9.18. The summed E-state index contributed by atoms with van der Waals surface area (Å²) < 4.78 is 29.7. The van der Waals surface area contributed by atoms with Crippen LogP contribution < -0.4 is 9.62 Å². The molecule has 0 aliphatic heterocycles. The number of benzene rings is 4. The number of aryl methyl sites for hydroxylation is 3. The largest absolute Gasteiger partial charge is 0.352 e. The lowest BCUT2D eigenvalue weighted by Gasteiger charge is -2.34. The van der Waals surface area contributed by atoms with Gasteiger partial charge in [0, 0.05) is 19.0 Å². The van der Waals surface area contributed by atoms with E-state index in [4.69, 9.17) is 0 Å². The Morgan fingerprint density at radius 3 is 1.96 bits per heavy atom. The molecule has 0 aliphatic rings. The number of carbonyl (C=O) groups is 2. The second-order valence-electron chi connectivity index (χ2n) is 11.6. The lowest BCUT2D eigenvalue weighted by molar-refractivity contribution is -0.140. The van der Waals surface area contributed by atoms with E-state index in [1.54, 1.807) is 30.3 Å². The summed E-state index contributed by atoms with van der Waals surface area (Å²) in [6.07, 6.45) is 1.00. The quantitative estimate of drug-likeness (QED) is 0.187. The van der Waals surface area contributed by atoms with Gasteiger partial charge in [-0.3, -0.25) is 13.9 Å². The number of carbonyl (C=O) groups excluding carboxylic acids is 2. The topological polar surface area (TPSA) is 86.8 Å². The molecular formula is C37H43N3O4S. The Labute approximate surface area is 268 Å². The number of hydrogen-bond donors (Lipinski definition) is 1. The van der Waals surface area contributed by atoms with Gasteiger partial charge in [0.25, 0.3) is 10.0 Å². The maximum absolute atomic E-state index is 14.6. The first-order valence-electron chi connectivity index (χ1n) is 15.3. The second kappa shape index (κ2) is 15.0. The zero-order valence-corrected chi connectivity index (χ0v) is 27.6. The molecule has 2 amide bonds. The molecule has 236 valence electrons. The fourth-order valence-electron chi connectivity index (χ4n) is 5.11. The van der Waals surface area contributed by atoms with Gasteiger partial charge in [-0.25, -0.2) is 8.42 Å². The molecule has 0 spiro atoms. The van der Waals surface area contributed by atoms with Gasteiger partial charge < -0.3 is 10.2 Å².